The van der Waals surface area contributed by atoms with Crippen molar-refractivity contribution in [3.63, 3.8) is 0 Å². The largest absolute Gasteiger partial charge is 0.354 e. The molecular formula is C17H26N4O2. The lowest BCUT2D eigenvalue weighted by atomic mass is 10.1. The van der Waals surface area contributed by atoms with E-state index < -0.39 is 0 Å². The molecule has 126 valence electrons. The number of carbonyl (C=O) groups is 2. The summed E-state index contributed by atoms with van der Waals surface area (Å²) in [6.07, 6.45) is 2.16. The highest BCUT2D eigenvalue weighted by atomic mass is 16.2. The molecule has 4 N–H and O–H groups in total. The van der Waals surface area contributed by atoms with Crippen molar-refractivity contribution in [3.8, 4) is 0 Å². The van der Waals surface area contributed by atoms with Crippen molar-refractivity contribution in [1.82, 2.24) is 15.5 Å². The molecule has 1 aliphatic rings. The smallest absolute Gasteiger partial charge is 0.239 e. The summed E-state index contributed by atoms with van der Waals surface area (Å²) < 4.78 is 0. The first-order chi connectivity index (χ1) is 11.2. The topological polar surface area (TPSA) is 87.5 Å². The van der Waals surface area contributed by atoms with Gasteiger partial charge in [0.15, 0.2) is 0 Å². The highest BCUT2D eigenvalue weighted by Crippen LogP contribution is 2.15. The second-order valence-corrected chi connectivity index (χ2v) is 5.98. The monoisotopic (exact) mass is 318 g/mol. The van der Waals surface area contributed by atoms with E-state index in [9.17, 15) is 9.59 Å². The van der Waals surface area contributed by atoms with Gasteiger partial charge in [-0.1, -0.05) is 30.3 Å². The number of likely N-dealkylation sites (tertiary alicyclic amines) is 1. The Kier molecular flexibility index (Phi) is 7.03. The van der Waals surface area contributed by atoms with Gasteiger partial charge < -0.3 is 21.3 Å². The number of nitrogens with zero attached hydrogens (tertiary/aromatic N) is 1. The lowest BCUT2D eigenvalue weighted by molar-refractivity contribution is -0.125. The van der Waals surface area contributed by atoms with Gasteiger partial charge in [-0.05, 0) is 30.9 Å². The average Bonchev–Trinajstić information content (AvgIpc) is 3.05. The van der Waals surface area contributed by atoms with Gasteiger partial charge in [0.2, 0.25) is 11.8 Å². The molecule has 0 bridgehead atoms. The summed E-state index contributed by atoms with van der Waals surface area (Å²) in [7, 11) is 0. The Morgan fingerprint density at radius 1 is 1.17 bits per heavy atom. The molecule has 1 aromatic rings. The fraction of sp³-hybridized carbons (Fsp3) is 0.529. The van der Waals surface area contributed by atoms with Crippen LogP contribution in [0.3, 0.4) is 0 Å². The van der Waals surface area contributed by atoms with Gasteiger partial charge in [-0.3, -0.25) is 9.59 Å². The number of hydrogen-bond acceptors (Lipinski definition) is 4. The lowest BCUT2D eigenvalue weighted by Gasteiger charge is -2.16. The molecule has 0 aromatic heterocycles. The molecule has 0 aliphatic carbocycles. The number of benzene rings is 1. The van der Waals surface area contributed by atoms with Crippen LogP contribution in [0.25, 0.3) is 0 Å². The molecule has 23 heavy (non-hydrogen) atoms. The SMILES string of the molecule is NCC(=O)NCC(=O)NCC1CCN(CCc2ccccc2)C1. The third kappa shape index (κ3) is 6.38. The number of hydrogen-bond donors (Lipinski definition) is 3. The summed E-state index contributed by atoms with van der Waals surface area (Å²) in [4.78, 5) is 25.1. The Bertz CT molecular complexity index is 507. The Hall–Kier alpha value is -1.92. The zero-order valence-electron chi connectivity index (χ0n) is 13.5. The first-order valence-corrected chi connectivity index (χ1v) is 8.17. The zero-order valence-corrected chi connectivity index (χ0v) is 13.5. The Balaban J connectivity index is 1.60. The molecule has 1 saturated heterocycles. The second-order valence-electron chi connectivity index (χ2n) is 5.98. The van der Waals surface area contributed by atoms with Gasteiger partial charge in [-0.25, -0.2) is 0 Å². The summed E-state index contributed by atoms with van der Waals surface area (Å²) in [5, 5.41) is 5.35. The molecule has 2 amide bonds. The maximum absolute atomic E-state index is 11.6. The van der Waals surface area contributed by atoms with E-state index in [1.54, 1.807) is 0 Å². The third-order valence-corrected chi connectivity index (χ3v) is 4.15. The molecule has 1 unspecified atom stereocenters. The van der Waals surface area contributed by atoms with Crippen molar-refractivity contribution in [2.45, 2.75) is 12.8 Å². The van der Waals surface area contributed by atoms with E-state index in [1.165, 1.54) is 5.56 Å². The van der Waals surface area contributed by atoms with Crippen LogP contribution >= 0.6 is 0 Å². The number of nitrogens with two attached hydrogens (primary N) is 1. The van der Waals surface area contributed by atoms with Crippen LogP contribution in [0, 0.1) is 5.92 Å². The van der Waals surface area contributed by atoms with Gasteiger partial charge in [0.1, 0.15) is 0 Å². The number of rotatable bonds is 8. The molecule has 1 aliphatic heterocycles. The minimum Gasteiger partial charge on any atom is -0.354 e. The number of amides is 2. The molecule has 1 aromatic carbocycles. The van der Waals surface area contributed by atoms with Crippen LogP contribution in [0.2, 0.25) is 0 Å². The maximum atomic E-state index is 11.6. The van der Waals surface area contributed by atoms with Crippen LogP contribution in [0.15, 0.2) is 30.3 Å². The van der Waals surface area contributed by atoms with Gasteiger partial charge in [-0.2, -0.15) is 0 Å². The molecule has 6 nitrogen and oxygen atoms in total. The van der Waals surface area contributed by atoms with E-state index in [-0.39, 0.29) is 24.9 Å². The van der Waals surface area contributed by atoms with Crippen LogP contribution < -0.4 is 16.4 Å². The van der Waals surface area contributed by atoms with Crippen molar-refractivity contribution in [2.24, 2.45) is 11.7 Å². The molecule has 2 rings (SSSR count). The normalized spacial score (nSPS) is 17.9. The zero-order chi connectivity index (χ0) is 16.5. The first-order valence-electron chi connectivity index (χ1n) is 8.17. The predicted molar refractivity (Wildman–Crippen MR) is 89.8 cm³/mol. The molecule has 0 spiro atoms. The van der Waals surface area contributed by atoms with Gasteiger partial charge in [0, 0.05) is 19.6 Å². The van der Waals surface area contributed by atoms with Crippen LogP contribution in [0.5, 0.6) is 0 Å². The average molecular weight is 318 g/mol. The summed E-state index contributed by atoms with van der Waals surface area (Å²) >= 11 is 0. The summed E-state index contributed by atoms with van der Waals surface area (Å²) in [6, 6.07) is 10.5. The highest BCUT2D eigenvalue weighted by molar-refractivity contribution is 5.85. The van der Waals surface area contributed by atoms with Crippen molar-refractivity contribution in [1.29, 1.82) is 0 Å². The quantitative estimate of drug-likeness (QED) is 0.616. The van der Waals surface area contributed by atoms with Crippen LogP contribution in [-0.4, -0.2) is 56.0 Å². The minimum atomic E-state index is -0.312. The van der Waals surface area contributed by atoms with Crippen LogP contribution in [0.1, 0.15) is 12.0 Å². The van der Waals surface area contributed by atoms with Crippen LogP contribution in [0.4, 0.5) is 0 Å². The molecule has 1 fully saturated rings. The minimum absolute atomic E-state index is 0.000471. The van der Waals surface area contributed by atoms with Gasteiger partial charge in [0.25, 0.3) is 0 Å². The van der Waals surface area contributed by atoms with Crippen molar-refractivity contribution in [2.75, 3.05) is 39.3 Å². The summed E-state index contributed by atoms with van der Waals surface area (Å²) in [5.41, 5.74) is 6.53. The van der Waals surface area contributed by atoms with E-state index in [0.29, 0.717) is 12.5 Å². The number of nitrogens with one attached hydrogen (secondary N) is 2. The van der Waals surface area contributed by atoms with E-state index in [2.05, 4.69) is 39.8 Å². The molecule has 0 radical (unpaired) electrons. The van der Waals surface area contributed by atoms with Gasteiger partial charge in [-0.15, -0.1) is 0 Å². The van der Waals surface area contributed by atoms with E-state index in [1.807, 2.05) is 6.07 Å². The molecule has 1 heterocycles. The second kappa shape index (κ2) is 9.27. The first kappa shape index (κ1) is 17.4. The van der Waals surface area contributed by atoms with Crippen molar-refractivity contribution < 1.29 is 9.59 Å². The predicted octanol–water partition coefficient (Wildman–Crippen LogP) is -0.258. The number of carbonyl (C=O) groups excluding carboxylic acids is 2. The Morgan fingerprint density at radius 3 is 2.70 bits per heavy atom. The van der Waals surface area contributed by atoms with Crippen LogP contribution in [-0.2, 0) is 16.0 Å². The molecule has 0 saturated carbocycles. The van der Waals surface area contributed by atoms with Crippen molar-refractivity contribution in [3.05, 3.63) is 35.9 Å². The van der Waals surface area contributed by atoms with Crippen molar-refractivity contribution >= 4 is 11.8 Å². The Labute approximate surface area is 137 Å². The Morgan fingerprint density at radius 2 is 1.96 bits per heavy atom. The van der Waals surface area contributed by atoms with Gasteiger partial charge >= 0.3 is 0 Å². The third-order valence-electron chi connectivity index (χ3n) is 4.15. The molecule has 6 heteroatoms. The van der Waals surface area contributed by atoms with E-state index >= 15 is 0 Å². The summed E-state index contributed by atoms with van der Waals surface area (Å²) in [5.74, 6) is 0.0163. The maximum Gasteiger partial charge on any atom is 0.239 e. The molecule has 1 atom stereocenters. The van der Waals surface area contributed by atoms with E-state index in [0.717, 1.165) is 32.5 Å². The van der Waals surface area contributed by atoms with E-state index in [4.69, 9.17) is 5.73 Å². The summed E-state index contributed by atoms with van der Waals surface area (Å²) in [6.45, 7) is 3.73. The fourth-order valence-corrected chi connectivity index (χ4v) is 2.79. The fourth-order valence-electron chi connectivity index (χ4n) is 2.79. The highest BCUT2D eigenvalue weighted by Gasteiger charge is 2.22. The van der Waals surface area contributed by atoms with Gasteiger partial charge in [0.05, 0.1) is 13.1 Å². The molecular weight excluding hydrogens is 292 g/mol. The lowest BCUT2D eigenvalue weighted by Crippen LogP contribution is -2.41. The standard InChI is InChI=1S/C17H26N4O2/c18-10-16(22)20-12-17(23)19-11-15-7-9-21(13-15)8-6-14-4-2-1-3-5-14/h1-5,15H,6-13,18H2,(H,19,23)(H,20,22).